The smallest absolute Gasteiger partial charge is 0.282 e. The average Bonchev–Trinajstić information content (AvgIpc) is 2.15. The Morgan fingerprint density at radius 2 is 2.27 bits per heavy atom. The molecule has 0 aliphatic rings. The minimum absolute atomic E-state index is 0.136. The highest BCUT2D eigenvalue weighted by atomic mass is 127. The van der Waals surface area contributed by atoms with Gasteiger partial charge in [-0.1, -0.05) is 0 Å². The Kier molecular flexibility index (Phi) is 3.85. The minimum atomic E-state index is -2.95. The predicted molar refractivity (Wildman–Crippen MR) is 56.5 cm³/mol. The van der Waals surface area contributed by atoms with E-state index in [0.717, 1.165) is 6.07 Å². The molecule has 82 valence electrons. The van der Waals surface area contributed by atoms with E-state index in [1.165, 1.54) is 0 Å². The van der Waals surface area contributed by atoms with Crippen molar-refractivity contribution in [3.8, 4) is 0 Å². The molecule has 0 fully saturated rings. The molecule has 0 spiro atoms. The van der Waals surface area contributed by atoms with Gasteiger partial charge in [-0.05, 0) is 22.6 Å². The molecule has 2 N–H and O–H groups in total. The summed E-state index contributed by atoms with van der Waals surface area (Å²) in [6, 6.07) is 1.00. The van der Waals surface area contributed by atoms with E-state index in [2.05, 4.69) is 4.98 Å². The lowest BCUT2D eigenvalue weighted by atomic mass is 10.1. The SMILES string of the molecule is NCc1nc(I)cc([N+](=O)[O-])c1C(F)F. The summed E-state index contributed by atoms with van der Waals surface area (Å²) in [5.41, 5.74) is 3.74. The Bertz CT molecular complexity index is 400. The zero-order valence-electron chi connectivity index (χ0n) is 7.28. The van der Waals surface area contributed by atoms with Crippen LogP contribution >= 0.6 is 22.6 Å². The summed E-state index contributed by atoms with van der Waals surface area (Å²) in [5.74, 6) is 0. The van der Waals surface area contributed by atoms with Crippen LogP contribution in [0.2, 0.25) is 0 Å². The molecule has 1 rings (SSSR count). The molecule has 0 bridgehead atoms. The standard InChI is InChI=1S/C7H6F2IN3O2/c8-7(9)6-3(2-11)12-5(10)1-4(6)13(14)15/h1,7H,2,11H2. The van der Waals surface area contributed by atoms with E-state index in [4.69, 9.17) is 5.73 Å². The topological polar surface area (TPSA) is 82.0 Å². The maximum absolute atomic E-state index is 12.6. The van der Waals surface area contributed by atoms with E-state index in [0.29, 0.717) is 0 Å². The molecule has 15 heavy (non-hydrogen) atoms. The van der Waals surface area contributed by atoms with Gasteiger partial charge in [-0.3, -0.25) is 10.1 Å². The predicted octanol–water partition coefficient (Wildman–Crippen LogP) is 1.99. The van der Waals surface area contributed by atoms with Crippen LogP contribution in [0.5, 0.6) is 0 Å². The number of aromatic nitrogens is 1. The second-order valence-corrected chi connectivity index (χ2v) is 3.69. The molecule has 0 aromatic carbocycles. The quantitative estimate of drug-likeness (QED) is 0.398. The summed E-state index contributed by atoms with van der Waals surface area (Å²) >= 11 is 1.71. The van der Waals surface area contributed by atoms with E-state index in [9.17, 15) is 18.9 Å². The molecule has 0 saturated heterocycles. The summed E-state index contributed by atoms with van der Waals surface area (Å²) < 4.78 is 25.4. The summed E-state index contributed by atoms with van der Waals surface area (Å²) in [6.07, 6.45) is -2.95. The lowest BCUT2D eigenvalue weighted by Crippen LogP contribution is -2.09. The third-order valence-electron chi connectivity index (χ3n) is 1.69. The first-order valence-electron chi connectivity index (χ1n) is 3.79. The zero-order valence-corrected chi connectivity index (χ0v) is 9.44. The Morgan fingerprint density at radius 1 is 1.67 bits per heavy atom. The Morgan fingerprint density at radius 3 is 2.67 bits per heavy atom. The number of hydrogen-bond donors (Lipinski definition) is 1. The number of nitro groups is 1. The Hall–Kier alpha value is -0.900. The number of alkyl halides is 2. The molecule has 1 heterocycles. The molecule has 1 aromatic heterocycles. The number of hydrogen-bond acceptors (Lipinski definition) is 4. The van der Waals surface area contributed by atoms with Crippen molar-refractivity contribution in [1.29, 1.82) is 0 Å². The maximum atomic E-state index is 12.6. The first kappa shape index (κ1) is 12.2. The molecule has 5 nitrogen and oxygen atoms in total. The molecule has 0 atom stereocenters. The van der Waals surface area contributed by atoms with Gasteiger partial charge in [0.2, 0.25) is 0 Å². The van der Waals surface area contributed by atoms with Crippen molar-refractivity contribution in [2.75, 3.05) is 0 Å². The number of nitrogens with zero attached hydrogens (tertiary/aromatic N) is 2. The lowest BCUT2D eigenvalue weighted by Gasteiger charge is -2.07. The molecule has 0 unspecified atom stereocenters. The van der Waals surface area contributed by atoms with Crippen LogP contribution < -0.4 is 5.73 Å². The van der Waals surface area contributed by atoms with Gasteiger partial charge in [0, 0.05) is 12.6 Å². The zero-order chi connectivity index (χ0) is 11.6. The van der Waals surface area contributed by atoms with Crippen LogP contribution in [0.25, 0.3) is 0 Å². The summed E-state index contributed by atoms with van der Waals surface area (Å²) in [5, 5.41) is 10.5. The number of rotatable bonds is 3. The van der Waals surface area contributed by atoms with Gasteiger partial charge < -0.3 is 5.73 Å². The van der Waals surface area contributed by atoms with Gasteiger partial charge in [0.1, 0.15) is 9.26 Å². The van der Waals surface area contributed by atoms with Gasteiger partial charge in [-0.2, -0.15) is 0 Å². The van der Waals surface area contributed by atoms with E-state index < -0.39 is 22.6 Å². The van der Waals surface area contributed by atoms with Crippen molar-refractivity contribution in [2.24, 2.45) is 5.73 Å². The minimum Gasteiger partial charge on any atom is -0.325 e. The van der Waals surface area contributed by atoms with Gasteiger partial charge in [-0.25, -0.2) is 13.8 Å². The molecule has 0 aliphatic carbocycles. The molecule has 0 radical (unpaired) electrons. The Balaban J connectivity index is 3.47. The van der Waals surface area contributed by atoms with Gasteiger partial charge in [0.05, 0.1) is 10.6 Å². The summed E-state index contributed by atoms with van der Waals surface area (Å²) in [7, 11) is 0. The highest BCUT2D eigenvalue weighted by molar-refractivity contribution is 14.1. The molecule has 8 heteroatoms. The van der Waals surface area contributed by atoms with E-state index in [-0.39, 0.29) is 15.9 Å². The van der Waals surface area contributed by atoms with E-state index in [1.54, 1.807) is 22.6 Å². The largest absolute Gasteiger partial charge is 0.325 e. The first-order chi connectivity index (χ1) is 6.97. The third kappa shape index (κ3) is 2.56. The van der Waals surface area contributed by atoms with Gasteiger partial charge in [-0.15, -0.1) is 0 Å². The number of halogens is 3. The summed E-state index contributed by atoms with van der Waals surface area (Å²) in [6.45, 7) is -0.253. The molecular formula is C7H6F2IN3O2. The Labute approximate surface area is 97.0 Å². The van der Waals surface area contributed by atoms with Gasteiger partial charge >= 0.3 is 0 Å². The third-order valence-corrected chi connectivity index (χ3v) is 2.25. The van der Waals surface area contributed by atoms with Crippen LogP contribution in [-0.2, 0) is 6.54 Å². The molecule has 0 aliphatic heterocycles. The van der Waals surface area contributed by atoms with Crippen LogP contribution in [0.3, 0.4) is 0 Å². The van der Waals surface area contributed by atoms with Crippen molar-refractivity contribution in [3.63, 3.8) is 0 Å². The fourth-order valence-electron chi connectivity index (χ4n) is 1.10. The number of nitrogens with two attached hydrogens (primary N) is 1. The second-order valence-electron chi connectivity index (χ2n) is 2.59. The monoisotopic (exact) mass is 329 g/mol. The molecule has 1 aromatic rings. The highest BCUT2D eigenvalue weighted by Gasteiger charge is 2.26. The van der Waals surface area contributed by atoms with Crippen molar-refractivity contribution >= 4 is 28.3 Å². The van der Waals surface area contributed by atoms with Gasteiger partial charge in [0.25, 0.3) is 12.1 Å². The first-order valence-corrected chi connectivity index (χ1v) is 4.87. The average molecular weight is 329 g/mol. The number of pyridine rings is 1. The molecular weight excluding hydrogens is 323 g/mol. The van der Waals surface area contributed by atoms with Crippen LogP contribution in [0.4, 0.5) is 14.5 Å². The van der Waals surface area contributed by atoms with Crippen molar-refractivity contribution in [1.82, 2.24) is 4.98 Å². The fourth-order valence-corrected chi connectivity index (χ4v) is 1.69. The van der Waals surface area contributed by atoms with Crippen molar-refractivity contribution < 1.29 is 13.7 Å². The highest BCUT2D eigenvalue weighted by Crippen LogP contribution is 2.31. The van der Waals surface area contributed by atoms with Crippen molar-refractivity contribution in [2.45, 2.75) is 13.0 Å². The van der Waals surface area contributed by atoms with Crippen LogP contribution in [0, 0.1) is 13.8 Å². The molecule has 0 saturated carbocycles. The molecule has 0 amide bonds. The maximum Gasteiger partial charge on any atom is 0.282 e. The van der Waals surface area contributed by atoms with Crippen LogP contribution in [0.1, 0.15) is 17.7 Å². The van der Waals surface area contributed by atoms with Crippen LogP contribution in [0.15, 0.2) is 6.07 Å². The second kappa shape index (κ2) is 4.75. The summed E-state index contributed by atoms with van der Waals surface area (Å²) in [4.78, 5) is 13.4. The van der Waals surface area contributed by atoms with E-state index >= 15 is 0 Å². The lowest BCUT2D eigenvalue weighted by molar-refractivity contribution is -0.386. The van der Waals surface area contributed by atoms with Crippen LogP contribution in [-0.4, -0.2) is 9.91 Å². The van der Waals surface area contributed by atoms with Crippen molar-refractivity contribution in [3.05, 3.63) is 31.1 Å². The van der Waals surface area contributed by atoms with Gasteiger partial charge in [0.15, 0.2) is 0 Å². The fraction of sp³-hybridized carbons (Fsp3) is 0.286. The normalized spacial score (nSPS) is 10.7. The van der Waals surface area contributed by atoms with E-state index in [1.807, 2.05) is 0 Å².